The Morgan fingerprint density at radius 1 is 1.15 bits per heavy atom. The molecule has 0 aliphatic heterocycles. The topological polar surface area (TPSA) is 66.8 Å². The van der Waals surface area contributed by atoms with Gasteiger partial charge in [-0.3, -0.25) is 0 Å². The Labute approximate surface area is 116 Å². The Morgan fingerprint density at radius 2 is 1.85 bits per heavy atom. The van der Waals surface area contributed by atoms with Gasteiger partial charge in [-0.25, -0.2) is 4.79 Å². The van der Waals surface area contributed by atoms with E-state index in [2.05, 4.69) is 0 Å². The first-order chi connectivity index (χ1) is 9.61. The van der Waals surface area contributed by atoms with Crippen LogP contribution in [0.15, 0.2) is 54.6 Å². The van der Waals surface area contributed by atoms with E-state index < -0.39 is 5.97 Å². The van der Waals surface area contributed by atoms with E-state index in [1.165, 1.54) is 13.2 Å². The molecule has 4 nitrogen and oxygen atoms in total. The van der Waals surface area contributed by atoms with Crippen LogP contribution in [0.3, 0.4) is 0 Å². The summed E-state index contributed by atoms with van der Waals surface area (Å²) < 4.78 is 5.15. The van der Waals surface area contributed by atoms with Gasteiger partial charge in [-0.15, -0.1) is 0 Å². The summed E-state index contributed by atoms with van der Waals surface area (Å²) in [5, 5.41) is 18.5. The van der Waals surface area contributed by atoms with Crippen molar-refractivity contribution in [1.29, 1.82) is 0 Å². The molecule has 2 aromatic carbocycles. The van der Waals surface area contributed by atoms with Gasteiger partial charge in [0, 0.05) is 5.56 Å². The SMILES string of the molecule is COC(=CC(=O)O)c1ccc(O)cc1-c1ccccc1. The Balaban J connectivity index is 2.62. The van der Waals surface area contributed by atoms with Crippen LogP contribution in [0.25, 0.3) is 16.9 Å². The highest BCUT2D eigenvalue weighted by Gasteiger charge is 2.12. The van der Waals surface area contributed by atoms with Gasteiger partial charge in [0.25, 0.3) is 0 Å². The van der Waals surface area contributed by atoms with E-state index in [0.717, 1.165) is 11.6 Å². The zero-order chi connectivity index (χ0) is 14.5. The molecule has 0 bridgehead atoms. The summed E-state index contributed by atoms with van der Waals surface area (Å²) in [6, 6.07) is 14.1. The lowest BCUT2D eigenvalue weighted by molar-refractivity contribution is -0.131. The second-order valence-electron chi connectivity index (χ2n) is 4.15. The average Bonchev–Trinajstić information content (AvgIpc) is 2.45. The molecule has 2 aromatic rings. The number of carboxylic acids is 1. The van der Waals surface area contributed by atoms with E-state index in [9.17, 15) is 9.90 Å². The van der Waals surface area contributed by atoms with Gasteiger partial charge in [-0.1, -0.05) is 30.3 Å². The van der Waals surface area contributed by atoms with Crippen molar-refractivity contribution in [2.75, 3.05) is 7.11 Å². The van der Waals surface area contributed by atoms with E-state index in [4.69, 9.17) is 9.84 Å². The fourth-order valence-corrected chi connectivity index (χ4v) is 1.96. The maximum Gasteiger partial charge on any atom is 0.332 e. The minimum Gasteiger partial charge on any atom is -0.508 e. The summed E-state index contributed by atoms with van der Waals surface area (Å²) >= 11 is 0. The van der Waals surface area contributed by atoms with Crippen LogP contribution in [-0.4, -0.2) is 23.3 Å². The number of methoxy groups -OCH3 is 1. The number of hydrogen-bond acceptors (Lipinski definition) is 3. The van der Waals surface area contributed by atoms with Gasteiger partial charge in [-0.05, 0) is 29.3 Å². The molecular formula is C16H14O4. The quantitative estimate of drug-likeness (QED) is 0.661. The second-order valence-corrected chi connectivity index (χ2v) is 4.15. The summed E-state index contributed by atoms with van der Waals surface area (Å²) in [6.45, 7) is 0. The molecule has 0 saturated heterocycles. The minimum atomic E-state index is -1.09. The molecule has 0 heterocycles. The predicted molar refractivity (Wildman–Crippen MR) is 76.2 cm³/mol. The molecule has 0 aliphatic carbocycles. The fourth-order valence-electron chi connectivity index (χ4n) is 1.96. The van der Waals surface area contributed by atoms with Gasteiger partial charge in [0.05, 0.1) is 13.2 Å². The molecule has 0 atom stereocenters. The third-order valence-corrected chi connectivity index (χ3v) is 2.83. The molecule has 2 rings (SSSR count). The van der Waals surface area contributed by atoms with Crippen molar-refractivity contribution in [2.24, 2.45) is 0 Å². The van der Waals surface area contributed by atoms with Crippen molar-refractivity contribution < 1.29 is 19.7 Å². The van der Waals surface area contributed by atoms with Crippen LogP contribution in [0.5, 0.6) is 5.75 Å². The molecule has 0 aromatic heterocycles. The first-order valence-corrected chi connectivity index (χ1v) is 5.99. The van der Waals surface area contributed by atoms with Gasteiger partial charge < -0.3 is 14.9 Å². The monoisotopic (exact) mass is 270 g/mol. The Bertz CT molecular complexity index is 645. The van der Waals surface area contributed by atoms with Crippen molar-refractivity contribution in [3.05, 3.63) is 60.2 Å². The standard InChI is InChI=1S/C16H14O4/c1-20-15(10-16(18)19)13-8-7-12(17)9-14(13)11-5-3-2-4-6-11/h2-10,17H,1H3,(H,18,19). The molecular weight excluding hydrogens is 256 g/mol. The van der Waals surface area contributed by atoms with Crippen LogP contribution >= 0.6 is 0 Å². The third kappa shape index (κ3) is 2.98. The molecule has 0 saturated carbocycles. The summed E-state index contributed by atoms with van der Waals surface area (Å²) in [5.74, 6) is -0.747. The third-order valence-electron chi connectivity index (χ3n) is 2.83. The molecule has 0 aliphatic rings. The zero-order valence-electron chi connectivity index (χ0n) is 10.9. The van der Waals surface area contributed by atoms with E-state index >= 15 is 0 Å². The van der Waals surface area contributed by atoms with Crippen LogP contribution in [0, 0.1) is 0 Å². The number of carboxylic acid groups (broad SMARTS) is 1. The lowest BCUT2D eigenvalue weighted by atomic mass is 9.98. The molecule has 0 radical (unpaired) electrons. The highest BCUT2D eigenvalue weighted by Crippen LogP contribution is 2.32. The number of aliphatic carboxylic acids is 1. The molecule has 102 valence electrons. The number of phenolic OH excluding ortho intramolecular Hbond substituents is 1. The van der Waals surface area contributed by atoms with E-state index in [1.807, 2.05) is 30.3 Å². The van der Waals surface area contributed by atoms with E-state index in [-0.39, 0.29) is 11.5 Å². The zero-order valence-corrected chi connectivity index (χ0v) is 10.9. The van der Waals surface area contributed by atoms with Gasteiger partial charge >= 0.3 is 5.97 Å². The van der Waals surface area contributed by atoms with Crippen molar-refractivity contribution in [2.45, 2.75) is 0 Å². The van der Waals surface area contributed by atoms with Crippen molar-refractivity contribution >= 4 is 11.7 Å². The average molecular weight is 270 g/mol. The molecule has 0 fully saturated rings. The lowest BCUT2D eigenvalue weighted by Crippen LogP contribution is -1.96. The van der Waals surface area contributed by atoms with Crippen molar-refractivity contribution in [3.8, 4) is 16.9 Å². The second kappa shape index (κ2) is 5.93. The number of ether oxygens (including phenoxy) is 1. The number of hydrogen-bond donors (Lipinski definition) is 2. The van der Waals surface area contributed by atoms with Crippen molar-refractivity contribution in [3.63, 3.8) is 0 Å². The number of phenols is 1. The number of benzene rings is 2. The first-order valence-electron chi connectivity index (χ1n) is 5.99. The molecule has 0 spiro atoms. The van der Waals surface area contributed by atoms with E-state index in [0.29, 0.717) is 11.1 Å². The van der Waals surface area contributed by atoms with Crippen molar-refractivity contribution in [1.82, 2.24) is 0 Å². The molecule has 20 heavy (non-hydrogen) atoms. The van der Waals surface area contributed by atoms with Crippen LogP contribution in [0.4, 0.5) is 0 Å². The van der Waals surface area contributed by atoms with Gasteiger partial charge in [0.1, 0.15) is 11.5 Å². The first kappa shape index (κ1) is 13.7. The predicted octanol–water partition coefficient (Wildman–Crippen LogP) is 3.13. The van der Waals surface area contributed by atoms with Gasteiger partial charge in [0.2, 0.25) is 0 Å². The maximum atomic E-state index is 10.9. The molecule has 0 unspecified atom stereocenters. The number of aromatic hydroxyl groups is 1. The largest absolute Gasteiger partial charge is 0.508 e. The Hall–Kier alpha value is -2.75. The van der Waals surface area contributed by atoms with Crippen LogP contribution in [0.2, 0.25) is 0 Å². The van der Waals surface area contributed by atoms with E-state index in [1.54, 1.807) is 12.1 Å². The summed E-state index contributed by atoms with van der Waals surface area (Å²) in [6.07, 6.45) is 0.999. The lowest BCUT2D eigenvalue weighted by Gasteiger charge is -2.12. The Kier molecular flexibility index (Phi) is 4.05. The number of rotatable bonds is 4. The summed E-state index contributed by atoms with van der Waals surface area (Å²) in [5.41, 5.74) is 2.19. The fraction of sp³-hybridized carbons (Fsp3) is 0.0625. The van der Waals surface area contributed by atoms with Crippen LogP contribution < -0.4 is 0 Å². The molecule has 0 amide bonds. The normalized spacial score (nSPS) is 11.2. The smallest absolute Gasteiger partial charge is 0.332 e. The molecule has 4 heteroatoms. The minimum absolute atomic E-state index is 0.110. The summed E-state index contributed by atoms with van der Waals surface area (Å²) in [7, 11) is 1.41. The number of carbonyl (C=O) groups is 1. The van der Waals surface area contributed by atoms with Gasteiger partial charge in [0.15, 0.2) is 0 Å². The highest BCUT2D eigenvalue weighted by molar-refractivity contribution is 5.91. The highest BCUT2D eigenvalue weighted by atomic mass is 16.5. The Morgan fingerprint density at radius 3 is 2.45 bits per heavy atom. The van der Waals surface area contributed by atoms with Crippen LogP contribution in [0.1, 0.15) is 5.56 Å². The molecule has 2 N–H and O–H groups in total. The van der Waals surface area contributed by atoms with Crippen LogP contribution in [-0.2, 0) is 9.53 Å². The van der Waals surface area contributed by atoms with Gasteiger partial charge in [-0.2, -0.15) is 0 Å². The summed E-state index contributed by atoms with van der Waals surface area (Å²) in [4.78, 5) is 10.9. The maximum absolute atomic E-state index is 10.9.